The lowest BCUT2D eigenvalue weighted by Gasteiger charge is -2.60. The number of rotatable bonds is 6. The average molecular weight is 378 g/mol. The molecule has 2 aliphatic heterocycles. The lowest BCUT2D eigenvalue weighted by Crippen LogP contribution is -2.73. The fourth-order valence-corrected chi connectivity index (χ4v) is 4.55. The van der Waals surface area contributed by atoms with Crippen LogP contribution >= 0.6 is 11.8 Å². The Kier molecular flexibility index (Phi) is 5.85. The minimum absolute atomic E-state index is 0.179. The van der Waals surface area contributed by atoms with Crippen LogP contribution in [-0.2, 0) is 4.74 Å². The number of nitrogens with zero attached hydrogens (tertiary/aromatic N) is 2. The maximum absolute atomic E-state index is 12.0. The Balaban J connectivity index is 1.29. The number of amides is 1. The van der Waals surface area contributed by atoms with Gasteiger partial charge in [0.2, 0.25) is 0 Å². The van der Waals surface area contributed by atoms with E-state index in [-0.39, 0.29) is 12.1 Å². The van der Waals surface area contributed by atoms with Crippen molar-refractivity contribution in [1.82, 2.24) is 9.80 Å². The smallest absolute Gasteiger partial charge is 0.410 e. The molecule has 1 spiro atoms. The molecule has 0 radical (unpaired) electrons. The molecule has 0 bridgehead atoms. The Hall–Kier alpha value is -1.24. The summed E-state index contributed by atoms with van der Waals surface area (Å²) in [6.07, 6.45) is 0.840. The second kappa shape index (κ2) is 7.79. The molecule has 26 heavy (non-hydrogen) atoms. The first-order valence-electron chi connectivity index (χ1n) is 9.38. The van der Waals surface area contributed by atoms with Crippen LogP contribution in [0, 0.1) is 5.41 Å². The number of hydrogen-bond donors (Lipinski definition) is 1. The van der Waals surface area contributed by atoms with Gasteiger partial charge in [-0.05, 0) is 45.9 Å². The first-order chi connectivity index (χ1) is 12.2. The van der Waals surface area contributed by atoms with Gasteiger partial charge in [-0.25, -0.2) is 4.79 Å². The summed E-state index contributed by atoms with van der Waals surface area (Å²) in [5.41, 5.74) is 6.15. The lowest BCUT2D eigenvalue weighted by molar-refractivity contribution is -0.112. The van der Waals surface area contributed by atoms with Gasteiger partial charge in [0.25, 0.3) is 0 Å². The van der Waals surface area contributed by atoms with Gasteiger partial charge in [0.1, 0.15) is 5.60 Å². The molecule has 0 aromatic heterocycles. The zero-order chi connectivity index (χ0) is 18.8. The van der Waals surface area contributed by atoms with Crippen molar-refractivity contribution in [3.63, 3.8) is 0 Å². The van der Waals surface area contributed by atoms with Crippen LogP contribution in [0.1, 0.15) is 27.2 Å². The van der Waals surface area contributed by atoms with Crippen LogP contribution in [-0.4, -0.2) is 66.0 Å². The van der Waals surface area contributed by atoms with Crippen molar-refractivity contribution in [2.45, 2.75) is 43.7 Å². The second-order valence-electron chi connectivity index (χ2n) is 8.72. The van der Waals surface area contributed by atoms with Crippen molar-refractivity contribution < 1.29 is 9.53 Å². The van der Waals surface area contributed by atoms with E-state index >= 15 is 0 Å². The predicted octanol–water partition coefficient (Wildman–Crippen LogP) is 3.05. The minimum atomic E-state index is -0.417. The lowest BCUT2D eigenvalue weighted by atomic mass is 9.73. The summed E-state index contributed by atoms with van der Waals surface area (Å²) >= 11 is 1.83. The Morgan fingerprint density at radius 1 is 1.23 bits per heavy atom. The van der Waals surface area contributed by atoms with Crippen molar-refractivity contribution in [2.24, 2.45) is 11.1 Å². The topological polar surface area (TPSA) is 58.8 Å². The van der Waals surface area contributed by atoms with Crippen LogP contribution < -0.4 is 5.73 Å². The largest absolute Gasteiger partial charge is 0.444 e. The van der Waals surface area contributed by atoms with Crippen molar-refractivity contribution in [2.75, 3.05) is 38.5 Å². The Labute approximate surface area is 161 Å². The quantitative estimate of drug-likeness (QED) is 0.772. The molecule has 1 aromatic rings. The normalized spacial score (nSPS) is 20.4. The van der Waals surface area contributed by atoms with E-state index in [1.165, 1.54) is 4.90 Å². The molecular formula is C20H31N3O2S. The summed E-state index contributed by atoms with van der Waals surface area (Å²) in [7, 11) is 0. The number of thioether (sulfide) groups is 1. The van der Waals surface area contributed by atoms with Gasteiger partial charge < -0.3 is 20.3 Å². The van der Waals surface area contributed by atoms with Gasteiger partial charge in [0.05, 0.1) is 0 Å². The molecule has 144 valence electrons. The number of nitrogens with two attached hydrogens (primary N) is 1. The standard InChI is InChI=1S/C20H31N3O2S/c1-19(2,3)25-18(24)23-14-20(15-23)12-22(13-20)10-9-16(21)11-26-17-7-5-4-6-8-17/h4-8,16H,9-15,21H2,1-3H3/t16-/m1/s1. The van der Waals surface area contributed by atoms with E-state index in [4.69, 9.17) is 10.5 Å². The number of likely N-dealkylation sites (tertiary alicyclic amines) is 2. The minimum Gasteiger partial charge on any atom is -0.444 e. The molecule has 3 rings (SSSR count). The Bertz CT molecular complexity index is 603. The fourth-order valence-electron chi connectivity index (χ4n) is 3.63. The summed E-state index contributed by atoms with van der Waals surface area (Å²) in [6.45, 7) is 10.6. The molecule has 2 aliphatic rings. The van der Waals surface area contributed by atoms with Crippen LogP contribution in [0.2, 0.25) is 0 Å². The van der Waals surface area contributed by atoms with E-state index in [2.05, 4.69) is 29.2 Å². The van der Waals surface area contributed by atoms with Crippen LogP contribution in [0.25, 0.3) is 0 Å². The maximum Gasteiger partial charge on any atom is 0.410 e. The zero-order valence-electron chi connectivity index (χ0n) is 16.1. The van der Waals surface area contributed by atoms with Gasteiger partial charge in [-0.1, -0.05) is 18.2 Å². The van der Waals surface area contributed by atoms with Crippen LogP contribution in [0.3, 0.4) is 0 Å². The van der Waals surface area contributed by atoms with Gasteiger partial charge in [-0.3, -0.25) is 0 Å². The highest BCUT2D eigenvalue weighted by molar-refractivity contribution is 7.99. The summed E-state index contributed by atoms with van der Waals surface area (Å²) in [5, 5.41) is 0. The molecule has 5 nitrogen and oxygen atoms in total. The van der Waals surface area contributed by atoms with Crippen molar-refractivity contribution in [3.8, 4) is 0 Å². The first kappa shape index (κ1) is 19.5. The predicted molar refractivity (Wildman–Crippen MR) is 106 cm³/mol. The van der Waals surface area contributed by atoms with Crippen LogP contribution in [0.5, 0.6) is 0 Å². The Morgan fingerprint density at radius 3 is 2.50 bits per heavy atom. The van der Waals surface area contributed by atoms with E-state index in [1.807, 2.05) is 43.5 Å². The zero-order valence-corrected chi connectivity index (χ0v) is 16.9. The third-order valence-corrected chi connectivity index (χ3v) is 6.05. The molecule has 1 atom stereocenters. The third-order valence-electron chi connectivity index (χ3n) is 4.85. The highest BCUT2D eigenvalue weighted by atomic mass is 32.2. The molecule has 6 heteroatoms. The molecule has 0 aliphatic carbocycles. The van der Waals surface area contributed by atoms with Crippen LogP contribution in [0.4, 0.5) is 4.79 Å². The van der Waals surface area contributed by atoms with Gasteiger partial charge in [0.15, 0.2) is 0 Å². The molecule has 2 fully saturated rings. The third kappa shape index (κ3) is 5.15. The van der Waals surface area contributed by atoms with Crippen molar-refractivity contribution >= 4 is 17.9 Å². The molecule has 2 heterocycles. The van der Waals surface area contributed by atoms with Gasteiger partial charge in [0, 0.05) is 48.3 Å². The molecular weight excluding hydrogens is 346 g/mol. The van der Waals surface area contributed by atoms with E-state index in [0.717, 1.165) is 44.9 Å². The van der Waals surface area contributed by atoms with Crippen molar-refractivity contribution in [3.05, 3.63) is 30.3 Å². The first-order valence-corrected chi connectivity index (χ1v) is 10.4. The molecule has 1 aromatic carbocycles. The summed E-state index contributed by atoms with van der Waals surface area (Å²) in [6, 6.07) is 10.6. The monoisotopic (exact) mass is 377 g/mol. The number of carbonyl (C=O) groups is 1. The summed E-state index contributed by atoms with van der Waals surface area (Å²) < 4.78 is 5.43. The van der Waals surface area contributed by atoms with Crippen LogP contribution in [0.15, 0.2) is 35.2 Å². The highest BCUT2D eigenvalue weighted by Gasteiger charge is 2.53. The highest BCUT2D eigenvalue weighted by Crippen LogP contribution is 2.40. The summed E-state index contributed by atoms with van der Waals surface area (Å²) in [5.74, 6) is 0.954. The molecule has 0 saturated carbocycles. The molecule has 2 N–H and O–H groups in total. The number of benzene rings is 1. The SMILES string of the molecule is CC(C)(C)OC(=O)N1CC2(CN(CC[C@@H](N)CSc3ccccc3)C2)C1. The maximum atomic E-state index is 12.0. The number of ether oxygens (including phenoxy) is 1. The van der Waals surface area contributed by atoms with E-state index in [9.17, 15) is 4.79 Å². The van der Waals surface area contributed by atoms with Crippen molar-refractivity contribution in [1.29, 1.82) is 0 Å². The van der Waals surface area contributed by atoms with Gasteiger partial charge in [-0.15, -0.1) is 11.8 Å². The second-order valence-corrected chi connectivity index (χ2v) is 9.81. The summed E-state index contributed by atoms with van der Waals surface area (Å²) in [4.78, 5) is 17.6. The van der Waals surface area contributed by atoms with E-state index in [0.29, 0.717) is 5.41 Å². The average Bonchev–Trinajstić information content (AvgIpc) is 2.49. The molecule has 1 amide bonds. The fraction of sp³-hybridized carbons (Fsp3) is 0.650. The number of hydrogen-bond acceptors (Lipinski definition) is 5. The Morgan fingerprint density at radius 2 is 1.88 bits per heavy atom. The molecule has 0 unspecified atom stereocenters. The van der Waals surface area contributed by atoms with E-state index in [1.54, 1.807) is 0 Å². The van der Waals surface area contributed by atoms with E-state index < -0.39 is 5.60 Å². The van der Waals surface area contributed by atoms with Gasteiger partial charge >= 0.3 is 6.09 Å². The van der Waals surface area contributed by atoms with Gasteiger partial charge in [-0.2, -0.15) is 0 Å². The molecule has 2 saturated heterocycles. The number of carbonyl (C=O) groups excluding carboxylic acids is 1.